The molecule has 0 radical (unpaired) electrons. The number of allylic oxidation sites excluding steroid dienone is 1. The van der Waals surface area contributed by atoms with Crippen molar-refractivity contribution in [2.75, 3.05) is 0 Å². The Labute approximate surface area is 129 Å². The highest BCUT2D eigenvalue weighted by Crippen LogP contribution is 2.39. The molecule has 2 unspecified atom stereocenters. The summed E-state index contributed by atoms with van der Waals surface area (Å²) in [5, 5.41) is 1.23. The molecule has 20 heavy (non-hydrogen) atoms. The lowest BCUT2D eigenvalue weighted by Gasteiger charge is -2.26. The van der Waals surface area contributed by atoms with Gasteiger partial charge in [-0.15, -0.1) is 23.5 Å². The van der Waals surface area contributed by atoms with Crippen molar-refractivity contribution in [2.45, 2.75) is 33.1 Å². The number of rotatable bonds is 4. The quantitative estimate of drug-likeness (QED) is 0.668. The highest BCUT2D eigenvalue weighted by molar-refractivity contribution is 8.04. The van der Waals surface area contributed by atoms with E-state index in [1.54, 1.807) is 0 Å². The zero-order chi connectivity index (χ0) is 13.6. The summed E-state index contributed by atoms with van der Waals surface area (Å²) in [5.41, 5.74) is 0. The molecule has 0 fully saturated rings. The van der Waals surface area contributed by atoms with Gasteiger partial charge < -0.3 is 0 Å². The van der Waals surface area contributed by atoms with Crippen LogP contribution in [0.1, 0.15) is 12.8 Å². The Kier molecular flexibility index (Phi) is 4.88. The average Bonchev–Trinajstić information content (AvgIpc) is 2.51. The molecule has 0 amide bonds. The van der Waals surface area contributed by atoms with E-state index in [0.29, 0.717) is 10.5 Å². The molecule has 3 rings (SSSR count). The average molecular weight is 298 g/mol. The lowest BCUT2D eigenvalue weighted by atomic mass is 10.1. The predicted octanol–water partition coefficient (Wildman–Crippen LogP) is 5.66. The van der Waals surface area contributed by atoms with Gasteiger partial charge in [0.2, 0.25) is 0 Å². The number of hydrogen-bond donors (Lipinski definition) is 0. The van der Waals surface area contributed by atoms with Crippen LogP contribution in [-0.2, 0) is 0 Å². The summed E-state index contributed by atoms with van der Waals surface area (Å²) in [6, 6.07) is 21.5. The van der Waals surface area contributed by atoms with Gasteiger partial charge >= 0.3 is 0 Å². The predicted molar refractivity (Wildman–Crippen MR) is 90.5 cm³/mol. The van der Waals surface area contributed by atoms with Crippen molar-refractivity contribution in [3.8, 4) is 0 Å². The SMILES string of the molecule is C1=CC(Sc2ccccc2)C(Sc2ccccc2)CC1. The third-order valence-corrected chi connectivity index (χ3v) is 6.21. The van der Waals surface area contributed by atoms with Crippen LogP contribution in [0.15, 0.2) is 82.6 Å². The standard InChI is InChI=1S/C18H18S2/c1-3-9-15(10-4-1)19-17-13-7-8-14-18(17)20-16-11-5-2-6-12-16/h1-7,9-13,17-18H,8,14H2. The second-order valence-corrected chi connectivity index (χ2v) is 7.43. The molecule has 0 saturated heterocycles. The van der Waals surface area contributed by atoms with Crippen molar-refractivity contribution in [1.82, 2.24) is 0 Å². The van der Waals surface area contributed by atoms with Crippen LogP contribution in [0.5, 0.6) is 0 Å². The Balaban J connectivity index is 1.71. The minimum Gasteiger partial charge on any atom is -0.121 e. The van der Waals surface area contributed by atoms with Crippen molar-refractivity contribution in [1.29, 1.82) is 0 Å². The second kappa shape index (κ2) is 7.05. The molecule has 0 heterocycles. The van der Waals surface area contributed by atoms with E-state index in [4.69, 9.17) is 0 Å². The van der Waals surface area contributed by atoms with Crippen LogP contribution in [0.25, 0.3) is 0 Å². The van der Waals surface area contributed by atoms with Crippen LogP contribution in [0.4, 0.5) is 0 Å². The highest BCUT2D eigenvalue weighted by Gasteiger charge is 2.23. The monoisotopic (exact) mass is 298 g/mol. The van der Waals surface area contributed by atoms with E-state index in [1.165, 1.54) is 22.6 Å². The maximum Gasteiger partial charge on any atom is 0.0397 e. The van der Waals surface area contributed by atoms with Gasteiger partial charge in [0.15, 0.2) is 0 Å². The van der Waals surface area contributed by atoms with Gasteiger partial charge in [0, 0.05) is 20.3 Å². The minimum absolute atomic E-state index is 0.566. The van der Waals surface area contributed by atoms with Gasteiger partial charge in [0.05, 0.1) is 0 Å². The second-order valence-electron chi connectivity index (χ2n) is 4.87. The van der Waals surface area contributed by atoms with Gasteiger partial charge in [-0.3, -0.25) is 0 Å². The van der Waals surface area contributed by atoms with Crippen LogP contribution in [0.2, 0.25) is 0 Å². The van der Waals surface area contributed by atoms with Crippen LogP contribution in [0, 0.1) is 0 Å². The number of thioether (sulfide) groups is 2. The Morgan fingerprint density at radius 3 is 2.00 bits per heavy atom. The Hall–Kier alpha value is -1.12. The summed E-state index contributed by atoms with van der Waals surface area (Å²) in [5.74, 6) is 0. The fourth-order valence-corrected chi connectivity index (χ4v) is 4.93. The largest absolute Gasteiger partial charge is 0.121 e. The van der Waals surface area contributed by atoms with Crippen LogP contribution < -0.4 is 0 Å². The first-order valence-electron chi connectivity index (χ1n) is 7.02. The molecule has 0 nitrogen and oxygen atoms in total. The van der Waals surface area contributed by atoms with Crippen molar-refractivity contribution >= 4 is 23.5 Å². The highest BCUT2D eigenvalue weighted by atomic mass is 32.2. The van der Waals surface area contributed by atoms with Crippen molar-refractivity contribution in [3.05, 3.63) is 72.8 Å². The van der Waals surface area contributed by atoms with E-state index in [2.05, 4.69) is 72.8 Å². The molecule has 2 aromatic rings. The third-order valence-electron chi connectivity index (χ3n) is 3.36. The fourth-order valence-electron chi connectivity index (χ4n) is 2.35. The lowest BCUT2D eigenvalue weighted by Crippen LogP contribution is -2.20. The zero-order valence-electron chi connectivity index (χ0n) is 11.3. The topological polar surface area (TPSA) is 0 Å². The molecule has 2 aromatic carbocycles. The van der Waals surface area contributed by atoms with Gasteiger partial charge in [-0.2, -0.15) is 0 Å². The lowest BCUT2D eigenvalue weighted by molar-refractivity contribution is 0.759. The van der Waals surface area contributed by atoms with Crippen LogP contribution in [0.3, 0.4) is 0 Å². The molecule has 0 spiro atoms. The molecule has 0 aliphatic heterocycles. The summed E-state index contributed by atoms with van der Waals surface area (Å²) in [6.07, 6.45) is 7.20. The number of benzene rings is 2. The molecule has 0 N–H and O–H groups in total. The van der Waals surface area contributed by atoms with E-state index in [0.717, 1.165) is 0 Å². The molecular weight excluding hydrogens is 280 g/mol. The van der Waals surface area contributed by atoms with Gasteiger partial charge in [-0.1, -0.05) is 48.6 Å². The Bertz CT molecular complexity index is 548. The fraction of sp³-hybridized carbons (Fsp3) is 0.222. The van der Waals surface area contributed by atoms with E-state index < -0.39 is 0 Å². The van der Waals surface area contributed by atoms with Gasteiger partial charge in [-0.05, 0) is 37.1 Å². The zero-order valence-corrected chi connectivity index (χ0v) is 12.9. The normalized spacial score (nSPS) is 21.8. The van der Waals surface area contributed by atoms with E-state index in [-0.39, 0.29) is 0 Å². The summed E-state index contributed by atoms with van der Waals surface area (Å²) in [4.78, 5) is 2.74. The van der Waals surface area contributed by atoms with E-state index in [9.17, 15) is 0 Å². The maximum atomic E-state index is 2.39. The molecular formula is C18H18S2. The number of hydrogen-bond acceptors (Lipinski definition) is 2. The van der Waals surface area contributed by atoms with E-state index >= 15 is 0 Å². The molecule has 1 aliphatic carbocycles. The van der Waals surface area contributed by atoms with E-state index in [1.807, 2.05) is 23.5 Å². The molecule has 1 aliphatic rings. The summed E-state index contributed by atoms with van der Waals surface area (Å²) < 4.78 is 0. The Morgan fingerprint density at radius 1 is 0.750 bits per heavy atom. The maximum absolute atomic E-state index is 2.39. The minimum atomic E-state index is 0.566. The van der Waals surface area contributed by atoms with Crippen molar-refractivity contribution < 1.29 is 0 Å². The first-order valence-corrected chi connectivity index (χ1v) is 8.78. The van der Waals surface area contributed by atoms with Gasteiger partial charge in [0.1, 0.15) is 0 Å². The molecule has 0 aromatic heterocycles. The smallest absolute Gasteiger partial charge is 0.0397 e. The molecule has 0 saturated carbocycles. The van der Waals surface area contributed by atoms with Gasteiger partial charge in [-0.25, -0.2) is 0 Å². The molecule has 2 atom stereocenters. The van der Waals surface area contributed by atoms with Crippen LogP contribution >= 0.6 is 23.5 Å². The summed E-state index contributed by atoms with van der Waals surface area (Å²) >= 11 is 4.00. The summed E-state index contributed by atoms with van der Waals surface area (Å²) in [7, 11) is 0. The molecule has 2 heteroatoms. The van der Waals surface area contributed by atoms with Crippen LogP contribution in [-0.4, -0.2) is 10.5 Å². The molecule has 0 bridgehead atoms. The first kappa shape index (κ1) is 13.8. The van der Waals surface area contributed by atoms with Crippen molar-refractivity contribution in [2.24, 2.45) is 0 Å². The van der Waals surface area contributed by atoms with Crippen molar-refractivity contribution in [3.63, 3.8) is 0 Å². The molecule has 102 valence electrons. The third kappa shape index (κ3) is 3.71. The Morgan fingerprint density at radius 2 is 1.35 bits per heavy atom. The van der Waals surface area contributed by atoms with Gasteiger partial charge in [0.25, 0.3) is 0 Å². The first-order chi connectivity index (χ1) is 9.92. The summed E-state index contributed by atoms with van der Waals surface area (Å²) in [6.45, 7) is 0.